The molecule has 1 aromatic rings. The number of methoxy groups -OCH3 is 1. The van der Waals surface area contributed by atoms with E-state index in [-0.39, 0.29) is 6.54 Å². The molecule has 0 bridgehead atoms. The average Bonchev–Trinajstić information content (AvgIpc) is 2.90. The Kier molecular flexibility index (Phi) is 4.58. The highest BCUT2D eigenvalue weighted by Gasteiger charge is 2.37. The molecular weight excluding hydrogens is 298 g/mol. The Morgan fingerprint density at radius 2 is 2.04 bits per heavy atom. The second kappa shape index (κ2) is 6.28. The minimum atomic E-state index is -0.817. The quantitative estimate of drug-likeness (QED) is 0.836. The third kappa shape index (κ3) is 4.00. The molecule has 0 saturated carbocycles. The van der Waals surface area contributed by atoms with Gasteiger partial charge in [0.25, 0.3) is 0 Å². The predicted octanol–water partition coefficient (Wildman–Crippen LogP) is 1.84. The van der Waals surface area contributed by atoms with Crippen molar-refractivity contribution in [3.8, 4) is 0 Å². The van der Waals surface area contributed by atoms with E-state index >= 15 is 0 Å². The smallest absolute Gasteiger partial charge is 0.411 e. The monoisotopic (exact) mass is 319 g/mol. The maximum Gasteiger partial charge on any atom is 0.411 e. The first-order valence-electron chi connectivity index (χ1n) is 7.21. The Labute approximate surface area is 135 Å². The normalized spacial score (nSPS) is 17.7. The number of ether oxygens (including phenoxy) is 2. The largest absolute Gasteiger partial charge is 0.467 e. The predicted molar refractivity (Wildman–Crippen MR) is 85.4 cm³/mol. The molecule has 0 aromatic carbocycles. The van der Waals surface area contributed by atoms with E-state index in [9.17, 15) is 9.59 Å². The molecule has 1 unspecified atom stereocenters. The van der Waals surface area contributed by atoms with E-state index in [1.54, 1.807) is 45.2 Å². The van der Waals surface area contributed by atoms with Gasteiger partial charge in [0.05, 0.1) is 13.7 Å². The van der Waals surface area contributed by atoms with Crippen LogP contribution in [0.15, 0.2) is 24.4 Å². The van der Waals surface area contributed by atoms with E-state index in [0.29, 0.717) is 5.82 Å². The van der Waals surface area contributed by atoms with Crippen LogP contribution in [0.1, 0.15) is 26.3 Å². The average molecular weight is 319 g/mol. The summed E-state index contributed by atoms with van der Waals surface area (Å²) in [4.78, 5) is 29.7. The van der Waals surface area contributed by atoms with E-state index in [1.807, 2.05) is 0 Å². The molecule has 1 aliphatic rings. The highest BCUT2D eigenvalue weighted by molar-refractivity contribution is 5.90. The Morgan fingerprint density at radius 1 is 1.35 bits per heavy atom. The maximum atomic E-state index is 12.3. The number of esters is 1. The van der Waals surface area contributed by atoms with Crippen molar-refractivity contribution in [2.24, 2.45) is 0 Å². The molecule has 2 rings (SSSR count). The number of nitrogens with zero attached hydrogens (tertiary/aromatic N) is 2. The molecule has 124 valence electrons. The van der Waals surface area contributed by atoms with Gasteiger partial charge in [-0.15, -0.1) is 0 Å². The van der Waals surface area contributed by atoms with Gasteiger partial charge >= 0.3 is 12.1 Å². The van der Waals surface area contributed by atoms with Gasteiger partial charge in [-0.05, 0) is 50.1 Å². The summed E-state index contributed by atoms with van der Waals surface area (Å²) in [6.07, 6.45) is 2.72. The summed E-state index contributed by atoms with van der Waals surface area (Å²) in [6.45, 7) is 5.55. The van der Waals surface area contributed by atoms with Crippen LogP contribution in [0.25, 0.3) is 5.57 Å². The first-order valence-corrected chi connectivity index (χ1v) is 7.21. The number of nitrogen functional groups attached to an aromatic ring is 1. The second-order valence-corrected chi connectivity index (χ2v) is 6.24. The van der Waals surface area contributed by atoms with Crippen molar-refractivity contribution in [1.29, 1.82) is 0 Å². The van der Waals surface area contributed by atoms with Crippen LogP contribution in [0.2, 0.25) is 0 Å². The van der Waals surface area contributed by atoms with E-state index < -0.39 is 23.7 Å². The molecule has 2 N–H and O–H groups in total. The molecule has 2 heterocycles. The van der Waals surface area contributed by atoms with E-state index in [2.05, 4.69) is 4.98 Å². The standard InChI is InChI=1S/C16H21N3O4/c1-16(2,3)23-15(21)19-9-11(7-12(19)14(20)22-4)10-5-6-13(17)18-8-10/h5-8,12H,9H2,1-4H3,(H2,17,18). The van der Waals surface area contributed by atoms with Gasteiger partial charge in [-0.25, -0.2) is 14.6 Å². The zero-order chi connectivity index (χ0) is 17.2. The number of pyridine rings is 1. The molecule has 1 aromatic heterocycles. The van der Waals surface area contributed by atoms with Gasteiger partial charge < -0.3 is 15.2 Å². The lowest BCUT2D eigenvalue weighted by Crippen LogP contribution is -2.44. The Balaban J connectivity index is 2.26. The van der Waals surface area contributed by atoms with Crippen molar-refractivity contribution >= 4 is 23.5 Å². The van der Waals surface area contributed by atoms with Gasteiger partial charge in [-0.1, -0.05) is 0 Å². The third-order valence-electron chi connectivity index (χ3n) is 3.26. The van der Waals surface area contributed by atoms with Crippen LogP contribution in [0.4, 0.5) is 10.6 Å². The molecule has 7 nitrogen and oxygen atoms in total. The SMILES string of the molecule is COC(=O)C1C=C(c2ccc(N)nc2)CN1C(=O)OC(C)(C)C. The highest BCUT2D eigenvalue weighted by Crippen LogP contribution is 2.27. The van der Waals surface area contributed by atoms with Crippen LogP contribution < -0.4 is 5.73 Å². The van der Waals surface area contributed by atoms with Crippen LogP contribution in [0, 0.1) is 0 Å². The van der Waals surface area contributed by atoms with Crippen LogP contribution >= 0.6 is 0 Å². The summed E-state index contributed by atoms with van der Waals surface area (Å²) in [5, 5.41) is 0. The molecule has 0 spiro atoms. The molecule has 0 radical (unpaired) electrons. The fourth-order valence-corrected chi connectivity index (χ4v) is 2.21. The minimum absolute atomic E-state index is 0.236. The van der Waals surface area contributed by atoms with Crippen LogP contribution in [0.3, 0.4) is 0 Å². The lowest BCUT2D eigenvalue weighted by molar-refractivity contribution is -0.144. The summed E-state index contributed by atoms with van der Waals surface area (Å²) >= 11 is 0. The van der Waals surface area contributed by atoms with Crippen molar-refractivity contribution in [1.82, 2.24) is 9.88 Å². The Morgan fingerprint density at radius 3 is 2.57 bits per heavy atom. The molecule has 1 atom stereocenters. The van der Waals surface area contributed by atoms with Gasteiger partial charge in [-0.3, -0.25) is 4.90 Å². The third-order valence-corrected chi connectivity index (χ3v) is 3.26. The molecule has 1 amide bonds. The summed E-state index contributed by atoms with van der Waals surface area (Å²) in [5.74, 6) is -0.116. The Bertz CT molecular complexity index is 632. The molecule has 0 saturated heterocycles. The van der Waals surface area contributed by atoms with Gasteiger partial charge in [-0.2, -0.15) is 0 Å². The van der Waals surface area contributed by atoms with Gasteiger partial charge in [0.2, 0.25) is 0 Å². The minimum Gasteiger partial charge on any atom is -0.467 e. The van der Waals surface area contributed by atoms with Crippen LogP contribution in [-0.2, 0) is 14.3 Å². The number of hydrogen-bond donors (Lipinski definition) is 1. The fraction of sp³-hybridized carbons (Fsp3) is 0.438. The first-order chi connectivity index (χ1) is 10.7. The summed E-state index contributed by atoms with van der Waals surface area (Å²) in [5.41, 5.74) is 6.51. The molecule has 23 heavy (non-hydrogen) atoms. The van der Waals surface area contributed by atoms with Crippen molar-refractivity contribution in [3.05, 3.63) is 30.0 Å². The molecule has 1 aliphatic heterocycles. The number of carbonyl (C=O) groups excluding carboxylic acids is 2. The van der Waals surface area contributed by atoms with Gasteiger partial charge in [0.15, 0.2) is 6.04 Å². The van der Waals surface area contributed by atoms with Crippen molar-refractivity contribution in [2.45, 2.75) is 32.4 Å². The number of nitrogens with two attached hydrogens (primary N) is 1. The first kappa shape index (κ1) is 16.8. The number of hydrogen-bond acceptors (Lipinski definition) is 6. The maximum absolute atomic E-state index is 12.3. The zero-order valence-corrected chi connectivity index (χ0v) is 13.7. The lowest BCUT2D eigenvalue weighted by atomic mass is 10.1. The number of rotatable bonds is 2. The number of aromatic nitrogens is 1. The topological polar surface area (TPSA) is 94.8 Å². The molecule has 0 fully saturated rings. The van der Waals surface area contributed by atoms with Gasteiger partial charge in [0.1, 0.15) is 11.4 Å². The zero-order valence-electron chi connectivity index (χ0n) is 13.7. The van der Waals surface area contributed by atoms with Crippen LogP contribution in [-0.4, -0.2) is 47.2 Å². The summed E-state index contributed by atoms with van der Waals surface area (Å²) in [7, 11) is 1.28. The fourth-order valence-electron chi connectivity index (χ4n) is 2.21. The van der Waals surface area contributed by atoms with Gasteiger partial charge in [0, 0.05) is 6.20 Å². The number of carbonyl (C=O) groups is 2. The van der Waals surface area contributed by atoms with E-state index in [1.165, 1.54) is 12.0 Å². The summed E-state index contributed by atoms with van der Waals surface area (Å²) < 4.78 is 10.1. The second-order valence-electron chi connectivity index (χ2n) is 6.24. The lowest BCUT2D eigenvalue weighted by Gasteiger charge is -2.27. The number of amides is 1. The Hall–Kier alpha value is -2.57. The van der Waals surface area contributed by atoms with Crippen molar-refractivity contribution in [2.75, 3.05) is 19.4 Å². The number of anilines is 1. The highest BCUT2D eigenvalue weighted by atomic mass is 16.6. The summed E-state index contributed by atoms with van der Waals surface area (Å²) in [6, 6.07) is 2.64. The molecule has 0 aliphatic carbocycles. The van der Waals surface area contributed by atoms with Crippen molar-refractivity contribution < 1.29 is 19.1 Å². The van der Waals surface area contributed by atoms with Crippen molar-refractivity contribution in [3.63, 3.8) is 0 Å². The van der Waals surface area contributed by atoms with Crippen LogP contribution in [0.5, 0.6) is 0 Å². The molecule has 7 heteroatoms. The molecular formula is C16H21N3O4. The van der Waals surface area contributed by atoms with E-state index in [4.69, 9.17) is 15.2 Å². The van der Waals surface area contributed by atoms with E-state index in [0.717, 1.165) is 11.1 Å².